The highest BCUT2D eigenvalue weighted by Gasteiger charge is 2.25. The minimum atomic E-state index is -1.12. The summed E-state index contributed by atoms with van der Waals surface area (Å²) >= 11 is 0. The van der Waals surface area contributed by atoms with Crippen LogP contribution in [0.3, 0.4) is 0 Å². The summed E-state index contributed by atoms with van der Waals surface area (Å²) in [6.07, 6.45) is 36.9. The summed E-state index contributed by atoms with van der Waals surface area (Å²) in [7, 11) is 5.42. The van der Waals surface area contributed by atoms with Crippen LogP contribution in [-0.2, 0) is 28.6 Å². The van der Waals surface area contributed by atoms with Crippen LogP contribution in [0.15, 0.2) is 0 Å². The van der Waals surface area contributed by atoms with Crippen molar-refractivity contribution in [2.24, 2.45) is 0 Å². The lowest BCUT2D eigenvalue weighted by Crippen LogP contribution is -2.55. The molecule has 0 aliphatic rings. The van der Waals surface area contributed by atoms with Gasteiger partial charge in [0.15, 0.2) is 6.10 Å². The number of esters is 2. The van der Waals surface area contributed by atoms with Gasteiger partial charge in [-0.25, -0.2) is 0 Å². The zero-order valence-corrected chi connectivity index (χ0v) is 35.7. The van der Waals surface area contributed by atoms with E-state index in [1.807, 2.05) is 0 Å². The lowest BCUT2D eigenvalue weighted by molar-refractivity contribution is -0.889. The van der Waals surface area contributed by atoms with Crippen molar-refractivity contribution >= 4 is 17.9 Å². The minimum absolute atomic E-state index is 0.0492. The van der Waals surface area contributed by atoms with E-state index in [9.17, 15) is 19.5 Å². The Kier molecular flexibility index (Phi) is 36.1. The van der Waals surface area contributed by atoms with E-state index in [4.69, 9.17) is 14.2 Å². The molecule has 314 valence electrons. The number of aliphatic carboxylic acids is 1. The number of unbranched alkanes of at least 4 members (excludes halogenated alkanes) is 27. The number of carbonyl (C=O) groups excluding carboxylic acids is 3. The molecule has 0 aromatic rings. The highest BCUT2D eigenvalue weighted by molar-refractivity contribution is 5.70. The van der Waals surface area contributed by atoms with Gasteiger partial charge in [0.2, 0.25) is 0 Å². The largest absolute Gasteiger partial charge is 0.544 e. The SMILES string of the molecule is CCCCCCCCCCCCCCCCCCC(=O)OC(COCCC(C(=O)[O-])[N+](C)(C)C)COC(=O)CCCCCCCCCCCCCCC. The molecule has 0 spiro atoms. The van der Waals surface area contributed by atoms with Crippen LogP contribution in [0.1, 0.15) is 219 Å². The van der Waals surface area contributed by atoms with Crippen LogP contribution in [0.2, 0.25) is 0 Å². The Morgan fingerprint density at radius 2 is 0.830 bits per heavy atom. The van der Waals surface area contributed by atoms with Crippen molar-refractivity contribution in [2.75, 3.05) is 41.0 Å². The van der Waals surface area contributed by atoms with Crippen LogP contribution >= 0.6 is 0 Å². The normalized spacial score (nSPS) is 12.8. The zero-order valence-electron chi connectivity index (χ0n) is 35.7. The number of nitrogens with zero attached hydrogens (tertiary/aromatic N) is 1. The van der Waals surface area contributed by atoms with Gasteiger partial charge >= 0.3 is 11.9 Å². The first-order chi connectivity index (χ1) is 25.6. The van der Waals surface area contributed by atoms with E-state index >= 15 is 0 Å². The fraction of sp³-hybridized carbons (Fsp3) is 0.933. The van der Waals surface area contributed by atoms with Crippen LogP contribution < -0.4 is 5.11 Å². The van der Waals surface area contributed by atoms with E-state index in [1.165, 1.54) is 148 Å². The van der Waals surface area contributed by atoms with Crippen molar-refractivity contribution < 1.29 is 38.2 Å². The lowest BCUT2D eigenvalue weighted by Gasteiger charge is -2.34. The van der Waals surface area contributed by atoms with Gasteiger partial charge in [0.05, 0.1) is 40.3 Å². The predicted molar refractivity (Wildman–Crippen MR) is 218 cm³/mol. The molecule has 0 aliphatic heterocycles. The second-order valence-electron chi connectivity index (χ2n) is 16.7. The maximum Gasteiger partial charge on any atom is 0.306 e. The number of rotatable bonds is 41. The van der Waals surface area contributed by atoms with Crippen molar-refractivity contribution in [3.63, 3.8) is 0 Å². The van der Waals surface area contributed by atoms with Crippen molar-refractivity contribution in [3.05, 3.63) is 0 Å². The van der Waals surface area contributed by atoms with Gasteiger partial charge in [0.1, 0.15) is 12.6 Å². The van der Waals surface area contributed by atoms with Gasteiger partial charge in [0.25, 0.3) is 0 Å². The first-order valence-electron chi connectivity index (χ1n) is 22.6. The second kappa shape index (κ2) is 37.3. The molecule has 53 heavy (non-hydrogen) atoms. The molecule has 0 saturated heterocycles. The number of hydrogen-bond donors (Lipinski definition) is 0. The topological polar surface area (TPSA) is 102 Å². The summed E-state index contributed by atoms with van der Waals surface area (Å²) in [5.41, 5.74) is 0. The third-order valence-corrected chi connectivity index (χ3v) is 10.5. The molecule has 0 amide bonds. The van der Waals surface area contributed by atoms with E-state index in [1.54, 1.807) is 21.1 Å². The van der Waals surface area contributed by atoms with Gasteiger partial charge < -0.3 is 28.6 Å². The highest BCUT2D eigenvalue weighted by Crippen LogP contribution is 2.16. The van der Waals surface area contributed by atoms with E-state index in [0.29, 0.717) is 12.8 Å². The molecule has 8 heteroatoms. The van der Waals surface area contributed by atoms with Crippen molar-refractivity contribution in [1.29, 1.82) is 0 Å². The number of ether oxygens (including phenoxy) is 3. The third-order valence-electron chi connectivity index (χ3n) is 10.5. The van der Waals surface area contributed by atoms with Gasteiger partial charge in [-0.1, -0.05) is 187 Å². The smallest absolute Gasteiger partial charge is 0.306 e. The maximum absolute atomic E-state index is 12.7. The molecular formula is C45H87NO7. The first-order valence-corrected chi connectivity index (χ1v) is 22.6. The van der Waals surface area contributed by atoms with Crippen molar-refractivity contribution in [1.82, 2.24) is 0 Å². The minimum Gasteiger partial charge on any atom is -0.544 e. The number of carbonyl (C=O) groups is 3. The zero-order chi connectivity index (χ0) is 39.3. The first kappa shape index (κ1) is 51.3. The predicted octanol–water partition coefficient (Wildman–Crippen LogP) is 10.8. The maximum atomic E-state index is 12.7. The average molecular weight is 754 g/mol. The van der Waals surface area contributed by atoms with Crippen molar-refractivity contribution in [2.45, 2.75) is 231 Å². The average Bonchev–Trinajstić information content (AvgIpc) is 3.11. The monoisotopic (exact) mass is 754 g/mol. The summed E-state index contributed by atoms with van der Waals surface area (Å²) in [5.74, 6) is -1.71. The van der Waals surface area contributed by atoms with E-state index in [-0.39, 0.29) is 42.7 Å². The number of carboxylic acid groups (broad SMARTS) is 1. The Morgan fingerprint density at radius 1 is 0.491 bits per heavy atom. The Hall–Kier alpha value is -1.67. The number of quaternary nitrogens is 1. The quantitative estimate of drug-likeness (QED) is 0.0348. The van der Waals surface area contributed by atoms with Crippen LogP contribution in [0, 0.1) is 0 Å². The second-order valence-corrected chi connectivity index (χ2v) is 16.7. The van der Waals surface area contributed by atoms with Crippen molar-refractivity contribution in [3.8, 4) is 0 Å². The molecular weight excluding hydrogens is 666 g/mol. The third kappa shape index (κ3) is 35.8. The molecule has 0 heterocycles. The fourth-order valence-electron chi connectivity index (χ4n) is 6.95. The summed E-state index contributed by atoms with van der Waals surface area (Å²) in [4.78, 5) is 36.8. The molecule has 0 aromatic heterocycles. The summed E-state index contributed by atoms with van der Waals surface area (Å²) < 4.78 is 17.2. The van der Waals surface area contributed by atoms with Crippen LogP contribution in [0.4, 0.5) is 0 Å². The number of hydrogen-bond acceptors (Lipinski definition) is 7. The molecule has 0 aliphatic carbocycles. The number of carboxylic acids is 1. The highest BCUT2D eigenvalue weighted by atomic mass is 16.6. The van der Waals surface area contributed by atoms with Gasteiger partial charge in [-0.2, -0.15) is 0 Å². The van der Waals surface area contributed by atoms with Gasteiger partial charge in [-0.3, -0.25) is 9.59 Å². The Balaban J connectivity index is 4.28. The van der Waals surface area contributed by atoms with E-state index < -0.39 is 18.1 Å². The van der Waals surface area contributed by atoms with E-state index in [2.05, 4.69) is 13.8 Å². The molecule has 2 unspecified atom stereocenters. The Labute approximate surface area is 327 Å². The molecule has 0 radical (unpaired) electrons. The van der Waals surface area contributed by atoms with E-state index in [0.717, 1.165) is 38.5 Å². The molecule has 0 saturated carbocycles. The number of likely N-dealkylation sites (N-methyl/N-ethyl adjacent to an activating group) is 1. The fourth-order valence-corrected chi connectivity index (χ4v) is 6.95. The Bertz CT molecular complexity index is 843. The molecule has 0 rings (SSSR count). The van der Waals surface area contributed by atoms with Crippen LogP contribution in [0.25, 0.3) is 0 Å². The van der Waals surface area contributed by atoms with Gasteiger partial charge in [-0.05, 0) is 12.8 Å². The van der Waals surface area contributed by atoms with Gasteiger partial charge in [-0.15, -0.1) is 0 Å². The molecule has 8 nitrogen and oxygen atoms in total. The molecule has 0 bridgehead atoms. The lowest BCUT2D eigenvalue weighted by atomic mass is 10.0. The standard InChI is InChI=1S/C45H87NO7/c1-6-8-10-12-14-16-18-20-21-22-24-26-28-30-32-34-36-44(48)53-41(39-51-38-37-42(45(49)50)46(3,4)5)40-52-43(47)35-33-31-29-27-25-23-19-17-15-13-11-9-7-2/h41-42H,6-40H2,1-5H3. The summed E-state index contributed by atoms with van der Waals surface area (Å²) in [6, 6.07) is -0.718. The molecule has 0 fully saturated rings. The molecule has 0 N–H and O–H groups in total. The van der Waals surface area contributed by atoms with Gasteiger partial charge in [0, 0.05) is 19.3 Å². The Morgan fingerprint density at radius 3 is 1.17 bits per heavy atom. The summed E-state index contributed by atoms with van der Waals surface area (Å²) in [5, 5.41) is 11.6. The summed E-state index contributed by atoms with van der Waals surface area (Å²) in [6.45, 7) is 4.70. The molecule has 2 atom stereocenters. The van der Waals surface area contributed by atoms with Crippen LogP contribution in [-0.4, -0.2) is 75.5 Å². The van der Waals surface area contributed by atoms with Crippen LogP contribution in [0.5, 0.6) is 0 Å². The molecule has 0 aromatic carbocycles.